The third-order valence-electron chi connectivity index (χ3n) is 2.54. The Labute approximate surface area is 145 Å². The number of hydrogen-bond acceptors (Lipinski definition) is 4. The van der Waals surface area contributed by atoms with E-state index in [2.05, 4.69) is 10.6 Å². The Morgan fingerprint density at radius 2 is 2.09 bits per heavy atom. The molecule has 1 rings (SSSR count). The summed E-state index contributed by atoms with van der Waals surface area (Å²) < 4.78 is 10.4. The zero-order valence-corrected chi connectivity index (χ0v) is 14.5. The second-order valence-corrected chi connectivity index (χ2v) is 5.58. The van der Waals surface area contributed by atoms with Gasteiger partial charge >= 0.3 is 0 Å². The minimum absolute atomic E-state index is 0.166. The SMILES string of the molecule is COCCNC(=S)NC(=O)CCCOc1ccc(Cl)cc1Cl. The average molecular weight is 365 g/mol. The Morgan fingerprint density at radius 1 is 1.32 bits per heavy atom. The van der Waals surface area contributed by atoms with Crippen LogP contribution in [0.3, 0.4) is 0 Å². The molecule has 0 aromatic heterocycles. The molecule has 0 unspecified atom stereocenters. The third-order valence-corrected chi connectivity index (χ3v) is 3.32. The van der Waals surface area contributed by atoms with Crippen LogP contribution in [0.4, 0.5) is 0 Å². The van der Waals surface area contributed by atoms with Crippen LogP contribution in [0, 0.1) is 0 Å². The Balaban J connectivity index is 2.18. The highest BCUT2D eigenvalue weighted by Crippen LogP contribution is 2.27. The number of benzene rings is 1. The molecule has 22 heavy (non-hydrogen) atoms. The Kier molecular flexibility index (Phi) is 9.15. The van der Waals surface area contributed by atoms with Crippen LogP contribution in [-0.2, 0) is 9.53 Å². The topological polar surface area (TPSA) is 59.6 Å². The Bertz CT molecular complexity index is 515. The van der Waals surface area contributed by atoms with Crippen molar-refractivity contribution in [2.24, 2.45) is 0 Å². The second-order valence-electron chi connectivity index (χ2n) is 4.32. The molecule has 0 aliphatic heterocycles. The number of nitrogens with one attached hydrogen (secondary N) is 2. The number of halogens is 2. The molecule has 1 aromatic rings. The van der Waals surface area contributed by atoms with Gasteiger partial charge in [-0.15, -0.1) is 0 Å². The smallest absolute Gasteiger partial charge is 0.226 e. The summed E-state index contributed by atoms with van der Waals surface area (Å²) in [6.07, 6.45) is 0.850. The lowest BCUT2D eigenvalue weighted by Crippen LogP contribution is -2.40. The van der Waals surface area contributed by atoms with Crippen molar-refractivity contribution < 1.29 is 14.3 Å². The van der Waals surface area contributed by atoms with Gasteiger partial charge in [0.05, 0.1) is 18.2 Å². The molecule has 0 aliphatic rings. The Morgan fingerprint density at radius 3 is 2.77 bits per heavy atom. The van der Waals surface area contributed by atoms with Crippen molar-refractivity contribution in [3.05, 3.63) is 28.2 Å². The molecule has 0 heterocycles. The highest BCUT2D eigenvalue weighted by Gasteiger charge is 2.06. The van der Waals surface area contributed by atoms with Crippen LogP contribution in [0.1, 0.15) is 12.8 Å². The van der Waals surface area contributed by atoms with Crippen LogP contribution in [-0.4, -0.2) is 37.9 Å². The summed E-state index contributed by atoms with van der Waals surface area (Å²) in [6, 6.07) is 4.99. The fourth-order valence-corrected chi connectivity index (χ4v) is 2.19. The third kappa shape index (κ3) is 7.79. The normalized spacial score (nSPS) is 10.1. The quantitative estimate of drug-likeness (QED) is 0.548. The van der Waals surface area contributed by atoms with E-state index in [-0.39, 0.29) is 5.91 Å². The van der Waals surface area contributed by atoms with Gasteiger partial charge in [0.2, 0.25) is 5.91 Å². The summed E-state index contributed by atoms with van der Waals surface area (Å²) in [6.45, 7) is 1.44. The lowest BCUT2D eigenvalue weighted by atomic mass is 10.3. The fourth-order valence-electron chi connectivity index (χ4n) is 1.51. The van der Waals surface area contributed by atoms with Crippen LogP contribution in [0.2, 0.25) is 10.0 Å². The highest BCUT2D eigenvalue weighted by atomic mass is 35.5. The Hall–Kier alpha value is -1.08. The van der Waals surface area contributed by atoms with Gasteiger partial charge in [0.25, 0.3) is 0 Å². The molecular weight excluding hydrogens is 347 g/mol. The molecule has 0 spiro atoms. The van der Waals surface area contributed by atoms with E-state index in [0.29, 0.717) is 53.5 Å². The maximum Gasteiger partial charge on any atom is 0.226 e. The molecule has 0 atom stereocenters. The lowest BCUT2D eigenvalue weighted by molar-refractivity contribution is -0.119. The zero-order chi connectivity index (χ0) is 16.4. The second kappa shape index (κ2) is 10.6. The van der Waals surface area contributed by atoms with Gasteiger partial charge in [0.1, 0.15) is 5.75 Å². The van der Waals surface area contributed by atoms with Crippen LogP contribution >= 0.6 is 35.4 Å². The largest absolute Gasteiger partial charge is 0.492 e. The number of carbonyl (C=O) groups is 1. The van der Waals surface area contributed by atoms with E-state index in [1.165, 1.54) is 0 Å². The standard InChI is InChI=1S/C14H18Cl2N2O3S/c1-20-8-6-17-14(22)18-13(19)3-2-7-21-12-5-4-10(15)9-11(12)16/h4-5,9H,2-3,6-8H2,1H3,(H2,17,18,19,22). The van der Waals surface area contributed by atoms with E-state index in [4.69, 9.17) is 44.9 Å². The van der Waals surface area contributed by atoms with Crippen molar-refractivity contribution in [1.82, 2.24) is 10.6 Å². The van der Waals surface area contributed by atoms with Gasteiger partial charge in [-0.1, -0.05) is 23.2 Å². The predicted octanol–water partition coefficient (Wildman–Crippen LogP) is 2.79. The minimum Gasteiger partial charge on any atom is -0.492 e. The molecule has 5 nitrogen and oxygen atoms in total. The summed E-state index contributed by atoms with van der Waals surface area (Å²) in [5, 5.41) is 6.73. The van der Waals surface area contributed by atoms with Crippen molar-refractivity contribution in [3.63, 3.8) is 0 Å². The number of ether oxygens (including phenoxy) is 2. The van der Waals surface area contributed by atoms with Gasteiger partial charge in [-0.25, -0.2) is 0 Å². The van der Waals surface area contributed by atoms with E-state index >= 15 is 0 Å². The first-order valence-electron chi connectivity index (χ1n) is 6.67. The number of hydrogen-bond donors (Lipinski definition) is 2. The molecular formula is C14H18Cl2N2O3S. The highest BCUT2D eigenvalue weighted by molar-refractivity contribution is 7.80. The van der Waals surface area contributed by atoms with Crippen molar-refractivity contribution in [3.8, 4) is 5.75 Å². The zero-order valence-electron chi connectivity index (χ0n) is 12.2. The van der Waals surface area contributed by atoms with Crippen LogP contribution in [0.25, 0.3) is 0 Å². The van der Waals surface area contributed by atoms with Gasteiger partial charge in [-0.05, 0) is 36.8 Å². The van der Waals surface area contributed by atoms with E-state index in [1.54, 1.807) is 25.3 Å². The van der Waals surface area contributed by atoms with Gasteiger partial charge in [-0.2, -0.15) is 0 Å². The van der Waals surface area contributed by atoms with Crippen molar-refractivity contribution in [1.29, 1.82) is 0 Å². The van der Waals surface area contributed by atoms with Crippen LogP contribution in [0.5, 0.6) is 5.75 Å². The molecule has 1 aromatic carbocycles. The molecule has 0 saturated carbocycles. The molecule has 0 aliphatic carbocycles. The molecule has 8 heteroatoms. The number of rotatable bonds is 8. The van der Waals surface area contributed by atoms with Crippen molar-refractivity contribution in [2.75, 3.05) is 26.9 Å². The maximum atomic E-state index is 11.6. The van der Waals surface area contributed by atoms with E-state index < -0.39 is 0 Å². The van der Waals surface area contributed by atoms with Gasteiger partial charge in [0, 0.05) is 25.1 Å². The van der Waals surface area contributed by atoms with E-state index in [9.17, 15) is 4.79 Å². The first-order valence-corrected chi connectivity index (χ1v) is 7.84. The van der Waals surface area contributed by atoms with Crippen molar-refractivity contribution >= 4 is 46.4 Å². The summed E-state index contributed by atoms with van der Waals surface area (Å²) >= 11 is 16.7. The molecule has 122 valence electrons. The summed E-state index contributed by atoms with van der Waals surface area (Å²) in [4.78, 5) is 11.6. The molecule has 0 bridgehead atoms. The van der Waals surface area contributed by atoms with Gasteiger partial charge < -0.3 is 20.1 Å². The van der Waals surface area contributed by atoms with Crippen LogP contribution < -0.4 is 15.4 Å². The van der Waals surface area contributed by atoms with Gasteiger partial charge in [-0.3, -0.25) is 4.79 Å². The molecule has 0 fully saturated rings. The average Bonchev–Trinajstić information content (AvgIpc) is 2.45. The number of methoxy groups -OCH3 is 1. The molecule has 0 radical (unpaired) electrons. The molecule has 1 amide bonds. The van der Waals surface area contributed by atoms with Gasteiger partial charge in [0.15, 0.2) is 5.11 Å². The maximum absolute atomic E-state index is 11.6. The number of amides is 1. The first kappa shape index (κ1) is 19.0. The predicted molar refractivity (Wildman–Crippen MR) is 91.8 cm³/mol. The van der Waals surface area contributed by atoms with E-state index in [0.717, 1.165) is 0 Å². The lowest BCUT2D eigenvalue weighted by Gasteiger charge is -2.10. The summed E-state index contributed by atoms with van der Waals surface area (Å²) in [5.41, 5.74) is 0. The first-order chi connectivity index (χ1) is 10.5. The van der Waals surface area contributed by atoms with Crippen molar-refractivity contribution in [2.45, 2.75) is 12.8 Å². The number of thiocarbonyl (C=S) groups is 1. The van der Waals surface area contributed by atoms with E-state index in [1.807, 2.05) is 0 Å². The monoisotopic (exact) mass is 364 g/mol. The molecule has 2 N–H and O–H groups in total. The van der Waals surface area contributed by atoms with Crippen LogP contribution in [0.15, 0.2) is 18.2 Å². The minimum atomic E-state index is -0.166. The fraction of sp³-hybridized carbons (Fsp3) is 0.429. The summed E-state index contributed by atoms with van der Waals surface area (Å²) in [7, 11) is 1.59. The number of carbonyl (C=O) groups excluding carboxylic acids is 1. The summed E-state index contributed by atoms with van der Waals surface area (Å²) in [5.74, 6) is 0.379. The molecule has 0 saturated heterocycles.